The molecule has 1 fully saturated rings. The number of carbonyl (C=O) groups excluding carboxylic acids is 1. The Labute approximate surface area is 171 Å². The normalized spacial score (nSPS) is 14.4. The van der Waals surface area contributed by atoms with Gasteiger partial charge >= 0.3 is 0 Å². The molecule has 0 saturated carbocycles. The molecule has 1 aromatic carbocycles. The molecule has 2 N–H and O–H groups in total. The predicted molar refractivity (Wildman–Crippen MR) is 113 cm³/mol. The number of carbonyl (C=O) groups is 1. The number of hydrogen-bond donors (Lipinski definition) is 2. The fourth-order valence-electron chi connectivity index (χ4n) is 3.16. The largest absolute Gasteiger partial charge is 0.357 e. The number of piperidine rings is 1. The Morgan fingerprint density at radius 3 is 2.66 bits per heavy atom. The maximum atomic E-state index is 12.6. The first-order valence-electron chi connectivity index (χ1n) is 9.68. The van der Waals surface area contributed by atoms with Gasteiger partial charge in [0.15, 0.2) is 0 Å². The predicted octanol–water partition coefficient (Wildman–Crippen LogP) is 2.47. The lowest BCUT2D eigenvalue weighted by atomic mass is 10.1. The Hall–Kier alpha value is -2.71. The molecule has 0 atom stereocenters. The van der Waals surface area contributed by atoms with Crippen molar-refractivity contribution in [2.75, 3.05) is 24.5 Å². The molecule has 29 heavy (non-hydrogen) atoms. The SMILES string of the molecule is C=CCNC(=O)c1cccc(S(=O)(=O)NCc2ccc(N3CCCCC3)nc2)c1. The van der Waals surface area contributed by atoms with Crippen molar-refractivity contribution in [3.8, 4) is 0 Å². The molecule has 2 aromatic rings. The van der Waals surface area contributed by atoms with E-state index < -0.39 is 10.0 Å². The van der Waals surface area contributed by atoms with Crippen molar-refractivity contribution in [3.63, 3.8) is 0 Å². The third kappa shape index (κ3) is 5.65. The molecule has 0 spiro atoms. The zero-order valence-electron chi connectivity index (χ0n) is 16.3. The topological polar surface area (TPSA) is 91.4 Å². The highest BCUT2D eigenvalue weighted by Gasteiger charge is 2.17. The zero-order valence-corrected chi connectivity index (χ0v) is 17.1. The van der Waals surface area contributed by atoms with Gasteiger partial charge in [-0.2, -0.15) is 0 Å². The minimum absolute atomic E-state index is 0.0432. The molecule has 0 bridgehead atoms. The maximum Gasteiger partial charge on any atom is 0.251 e. The van der Waals surface area contributed by atoms with Crippen LogP contribution >= 0.6 is 0 Å². The second kappa shape index (κ2) is 9.67. The number of aromatic nitrogens is 1. The van der Waals surface area contributed by atoms with Crippen LogP contribution in [0.4, 0.5) is 5.82 Å². The van der Waals surface area contributed by atoms with Crippen LogP contribution in [0.3, 0.4) is 0 Å². The summed E-state index contributed by atoms with van der Waals surface area (Å²) >= 11 is 0. The van der Waals surface area contributed by atoms with Crippen molar-refractivity contribution >= 4 is 21.7 Å². The standard InChI is InChI=1S/C21H26N4O3S/c1-2-11-22-21(26)18-7-6-8-19(14-18)29(27,28)24-16-17-9-10-20(23-15-17)25-12-4-3-5-13-25/h2,6-10,14-15,24H,1,3-5,11-13,16H2,(H,22,26). The number of pyridine rings is 1. The quantitative estimate of drug-likeness (QED) is 0.648. The van der Waals surface area contributed by atoms with Gasteiger partial charge in [0.05, 0.1) is 4.90 Å². The summed E-state index contributed by atoms with van der Waals surface area (Å²) in [4.78, 5) is 18.8. The monoisotopic (exact) mass is 414 g/mol. The molecule has 7 nitrogen and oxygen atoms in total. The van der Waals surface area contributed by atoms with E-state index in [2.05, 4.69) is 26.5 Å². The Morgan fingerprint density at radius 2 is 1.97 bits per heavy atom. The molecule has 154 valence electrons. The molecule has 3 rings (SSSR count). The third-order valence-electron chi connectivity index (χ3n) is 4.77. The molecule has 1 aromatic heterocycles. The van der Waals surface area contributed by atoms with Crippen LogP contribution in [0.1, 0.15) is 35.2 Å². The van der Waals surface area contributed by atoms with Gasteiger partial charge in [0.1, 0.15) is 5.82 Å². The Kier molecular flexibility index (Phi) is 7.00. The molecule has 1 aliphatic heterocycles. The molecular weight excluding hydrogens is 388 g/mol. The van der Waals surface area contributed by atoms with Gasteiger partial charge in [0.2, 0.25) is 10.0 Å². The highest BCUT2D eigenvalue weighted by Crippen LogP contribution is 2.18. The van der Waals surface area contributed by atoms with Gasteiger partial charge in [-0.15, -0.1) is 6.58 Å². The molecule has 1 saturated heterocycles. The number of nitrogens with zero attached hydrogens (tertiary/aromatic N) is 2. The average molecular weight is 415 g/mol. The van der Waals surface area contributed by atoms with E-state index in [0.29, 0.717) is 6.54 Å². The number of amides is 1. The first-order valence-corrected chi connectivity index (χ1v) is 11.2. The fourth-order valence-corrected chi connectivity index (χ4v) is 4.23. The summed E-state index contributed by atoms with van der Waals surface area (Å²) in [6.07, 6.45) is 6.87. The van der Waals surface area contributed by atoms with Crippen molar-refractivity contribution in [2.45, 2.75) is 30.7 Å². The molecule has 2 heterocycles. The number of sulfonamides is 1. The number of anilines is 1. The summed E-state index contributed by atoms with van der Waals surface area (Å²) in [5.41, 5.74) is 1.05. The number of benzene rings is 1. The summed E-state index contributed by atoms with van der Waals surface area (Å²) in [7, 11) is -3.75. The van der Waals surface area contributed by atoms with Crippen molar-refractivity contribution in [3.05, 3.63) is 66.4 Å². The van der Waals surface area contributed by atoms with Crippen LogP contribution in [-0.4, -0.2) is 38.9 Å². The lowest BCUT2D eigenvalue weighted by Crippen LogP contribution is -2.30. The minimum Gasteiger partial charge on any atom is -0.357 e. The van der Waals surface area contributed by atoms with Gasteiger partial charge < -0.3 is 10.2 Å². The van der Waals surface area contributed by atoms with E-state index in [0.717, 1.165) is 24.5 Å². The lowest BCUT2D eigenvalue weighted by Gasteiger charge is -2.27. The minimum atomic E-state index is -3.75. The van der Waals surface area contributed by atoms with E-state index in [1.165, 1.54) is 31.4 Å². The lowest BCUT2D eigenvalue weighted by molar-refractivity contribution is 0.0958. The molecule has 1 aliphatic rings. The number of hydrogen-bond acceptors (Lipinski definition) is 5. The Balaban J connectivity index is 1.63. The van der Waals surface area contributed by atoms with E-state index in [-0.39, 0.29) is 22.9 Å². The zero-order chi connectivity index (χ0) is 20.7. The summed E-state index contributed by atoms with van der Waals surface area (Å²) in [6, 6.07) is 9.76. The van der Waals surface area contributed by atoms with Crippen molar-refractivity contribution in [2.24, 2.45) is 0 Å². The van der Waals surface area contributed by atoms with Crippen molar-refractivity contribution < 1.29 is 13.2 Å². The van der Waals surface area contributed by atoms with Gasteiger partial charge in [0, 0.05) is 37.9 Å². The number of rotatable bonds is 8. The smallest absolute Gasteiger partial charge is 0.251 e. The fraction of sp³-hybridized carbons (Fsp3) is 0.333. The van der Waals surface area contributed by atoms with Gasteiger partial charge in [-0.3, -0.25) is 4.79 Å². The van der Waals surface area contributed by atoms with E-state index in [9.17, 15) is 13.2 Å². The van der Waals surface area contributed by atoms with Crippen LogP contribution in [0.5, 0.6) is 0 Å². The van der Waals surface area contributed by atoms with Crippen LogP contribution in [0, 0.1) is 0 Å². The first kappa shape index (κ1) is 21.0. The molecule has 0 aliphatic carbocycles. The van der Waals surface area contributed by atoms with Crippen LogP contribution in [0.15, 0.2) is 60.1 Å². The summed E-state index contributed by atoms with van der Waals surface area (Å²) in [6.45, 7) is 6.00. The van der Waals surface area contributed by atoms with Gasteiger partial charge in [0.25, 0.3) is 5.91 Å². The molecule has 1 amide bonds. The summed E-state index contributed by atoms with van der Waals surface area (Å²) in [5.74, 6) is 0.578. The Morgan fingerprint density at radius 1 is 1.17 bits per heavy atom. The van der Waals surface area contributed by atoms with Crippen LogP contribution < -0.4 is 14.9 Å². The highest BCUT2D eigenvalue weighted by molar-refractivity contribution is 7.89. The second-order valence-corrected chi connectivity index (χ2v) is 8.69. The van der Waals surface area contributed by atoms with Crippen molar-refractivity contribution in [1.29, 1.82) is 0 Å². The van der Waals surface area contributed by atoms with E-state index in [1.54, 1.807) is 24.4 Å². The van der Waals surface area contributed by atoms with E-state index >= 15 is 0 Å². The molecule has 8 heteroatoms. The highest BCUT2D eigenvalue weighted by atomic mass is 32.2. The van der Waals surface area contributed by atoms with E-state index in [4.69, 9.17) is 0 Å². The van der Waals surface area contributed by atoms with Crippen LogP contribution in [0.2, 0.25) is 0 Å². The van der Waals surface area contributed by atoms with E-state index in [1.807, 2.05) is 12.1 Å². The maximum absolute atomic E-state index is 12.6. The molecule has 0 unspecified atom stereocenters. The number of nitrogens with one attached hydrogen (secondary N) is 2. The molecular formula is C21H26N4O3S. The van der Waals surface area contributed by atoms with Gasteiger partial charge in [-0.05, 0) is 49.1 Å². The average Bonchev–Trinajstić information content (AvgIpc) is 2.77. The third-order valence-corrected chi connectivity index (χ3v) is 6.17. The van der Waals surface area contributed by atoms with Gasteiger partial charge in [-0.1, -0.05) is 18.2 Å². The first-order chi connectivity index (χ1) is 14.0. The van der Waals surface area contributed by atoms with Crippen molar-refractivity contribution in [1.82, 2.24) is 15.0 Å². The van der Waals surface area contributed by atoms with Gasteiger partial charge in [-0.25, -0.2) is 18.1 Å². The molecule has 0 radical (unpaired) electrons. The summed E-state index contributed by atoms with van der Waals surface area (Å²) in [5, 5.41) is 2.63. The summed E-state index contributed by atoms with van der Waals surface area (Å²) < 4.78 is 27.8. The second-order valence-electron chi connectivity index (χ2n) is 6.92. The van der Waals surface area contributed by atoms with Crippen LogP contribution in [-0.2, 0) is 16.6 Å². The Bertz CT molecular complexity index is 952. The van der Waals surface area contributed by atoms with Crippen LogP contribution in [0.25, 0.3) is 0 Å².